The summed E-state index contributed by atoms with van der Waals surface area (Å²) in [5, 5.41) is 7.60. The van der Waals surface area contributed by atoms with Crippen LogP contribution >= 0.6 is 23.1 Å². The Bertz CT molecular complexity index is 1050. The molecule has 1 N–H and O–H groups in total. The van der Waals surface area contributed by atoms with Gasteiger partial charge < -0.3 is 15.0 Å². The third-order valence-corrected chi connectivity index (χ3v) is 6.61. The van der Waals surface area contributed by atoms with Crippen molar-refractivity contribution < 1.29 is 14.3 Å². The molecule has 0 aliphatic carbocycles. The van der Waals surface area contributed by atoms with Gasteiger partial charge in [-0.25, -0.2) is 9.79 Å². The Labute approximate surface area is 182 Å². The van der Waals surface area contributed by atoms with Crippen LogP contribution < -0.4 is 5.32 Å². The molecule has 2 aliphatic heterocycles. The molecular formula is C21H20N4O3S2. The van der Waals surface area contributed by atoms with Crippen LogP contribution in [-0.2, 0) is 20.9 Å². The number of nitrogens with zero attached hydrogens (tertiary/aromatic N) is 3. The smallest absolute Gasteiger partial charge is 0.338 e. The molecule has 154 valence electrons. The summed E-state index contributed by atoms with van der Waals surface area (Å²) in [6.07, 6.45) is 3.58. The van der Waals surface area contributed by atoms with Crippen molar-refractivity contribution in [1.82, 2.24) is 15.2 Å². The van der Waals surface area contributed by atoms with Crippen molar-refractivity contribution in [3.63, 3.8) is 0 Å². The second-order valence-electron chi connectivity index (χ2n) is 6.71. The van der Waals surface area contributed by atoms with E-state index < -0.39 is 5.97 Å². The number of hydrogen-bond acceptors (Lipinski definition) is 8. The number of thiophene rings is 1. The number of hydrogen-bond donors (Lipinski definition) is 1. The van der Waals surface area contributed by atoms with Crippen LogP contribution in [0, 0.1) is 0 Å². The van der Waals surface area contributed by atoms with E-state index in [4.69, 9.17) is 4.74 Å². The van der Waals surface area contributed by atoms with Crippen molar-refractivity contribution >= 4 is 40.1 Å². The highest BCUT2D eigenvalue weighted by Crippen LogP contribution is 2.45. The van der Waals surface area contributed by atoms with E-state index in [0.29, 0.717) is 17.8 Å². The average molecular weight is 441 g/mol. The van der Waals surface area contributed by atoms with Gasteiger partial charge in [-0.1, -0.05) is 17.8 Å². The number of thioether (sulfide) groups is 1. The molecule has 30 heavy (non-hydrogen) atoms. The first-order valence-corrected chi connectivity index (χ1v) is 11.1. The number of rotatable bonds is 6. The normalized spacial score (nSPS) is 17.9. The first kappa shape index (κ1) is 20.4. The highest BCUT2D eigenvalue weighted by Gasteiger charge is 2.41. The van der Waals surface area contributed by atoms with Gasteiger partial charge in [0.2, 0.25) is 5.91 Å². The van der Waals surface area contributed by atoms with Gasteiger partial charge in [0.05, 0.1) is 24.8 Å². The average Bonchev–Trinajstić information content (AvgIpc) is 3.42. The number of amidine groups is 1. The summed E-state index contributed by atoms with van der Waals surface area (Å²) < 4.78 is 5.04. The lowest BCUT2D eigenvalue weighted by molar-refractivity contribution is -0.136. The fraction of sp³-hybridized carbons (Fsp3) is 0.238. The van der Waals surface area contributed by atoms with Crippen molar-refractivity contribution in [1.29, 1.82) is 0 Å². The van der Waals surface area contributed by atoms with Gasteiger partial charge in [0.15, 0.2) is 5.17 Å². The number of allylic oxidation sites excluding steroid dienone is 1. The first-order chi connectivity index (χ1) is 14.6. The highest BCUT2D eigenvalue weighted by molar-refractivity contribution is 8.16. The molecule has 1 atom stereocenters. The van der Waals surface area contributed by atoms with Crippen molar-refractivity contribution in [2.45, 2.75) is 25.9 Å². The minimum absolute atomic E-state index is 0.101. The Hall–Kier alpha value is -2.91. The molecule has 0 radical (unpaired) electrons. The Morgan fingerprint density at radius 2 is 2.07 bits per heavy atom. The molecule has 1 amide bonds. The van der Waals surface area contributed by atoms with E-state index in [1.807, 2.05) is 46.9 Å². The summed E-state index contributed by atoms with van der Waals surface area (Å²) in [7, 11) is 1.37. The van der Waals surface area contributed by atoms with E-state index in [9.17, 15) is 9.59 Å². The van der Waals surface area contributed by atoms with Gasteiger partial charge in [0, 0.05) is 29.5 Å². The lowest BCUT2D eigenvalue weighted by atomic mass is 9.99. The zero-order valence-corrected chi connectivity index (χ0v) is 18.1. The molecule has 1 unspecified atom stereocenters. The lowest BCUT2D eigenvalue weighted by Crippen LogP contribution is -2.37. The molecule has 0 aromatic carbocycles. The van der Waals surface area contributed by atoms with E-state index >= 15 is 0 Å². The second-order valence-corrected chi connectivity index (χ2v) is 8.52. The quantitative estimate of drug-likeness (QED) is 0.691. The zero-order valence-electron chi connectivity index (χ0n) is 16.5. The maximum atomic E-state index is 12.6. The van der Waals surface area contributed by atoms with E-state index in [2.05, 4.69) is 15.3 Å². The zero-order chi connectivity index (χ0) is 21.1. The molecular weight excluding hydrogens is 420 g/mol. The number of carbonyl (C=O) groups is 2. The van der Waals surface area contributed by atoms with Gasteiger partial charge in [-0.15, -0.1) is 11.3 Å². The molecule has 9 heteroatoms. The number of aromatic nitrogens is 1. The molecule has 2 aromatic heterocycles. The van der Waals surface area contributed by atoms with E-state index in [-0.39, 0.29) is 18.4 Å². The predicted octanol–water partition coefficient (Wildman–Crippen LogP) is 3.60. The second kappa shape index (κ2) is 8.85. The van der Waals surface area contributed by atoms with Gasteiger partial charge in [0.25, 0.3) is 0 Å². The number of aliphatic imine (C=N–C) groups is 1. The highest BCUT2D eigenvalue weighted by atomic mass is 32.2. The maximum absolute atomic E-state index is 12.6. The molecule has 2 aromatic rings. The summed E-state index contributed by atoms with van der Waals surface area (Å²) in [6.45, 7) is 2.25. The van der Waals surface area contributed by atoms with Crippen LogP contribution in [-0.4, -0.2) is 34.0 Å². The van der Waals surface area contributed by atoms with Gasteiger partial charge in [-0.3, -0.25) is 9.78 Å². The number of amides is 1. The third kappa shape index (κ3) is 4.03. The fourth-order valence-electron chi connectivity index (χ4n) is 3.39. The number of nitrogens with one attached hydrogen (secondary N) is 1. The van der Waals surface area contributed by atoms with Crippen LogP contribution in [0.4, 0.5) is 0 Å². The van der Waals surface area contributed by atoms with Gasteiger partial charge >= 0.3 is 5.97 Å². The standard InChI is InChI=1S/C21H20N4O3S2/c1-13-18(20(27)28-2)19(16-4-3-9-29-16)25-15(12-30-21(25)24-13)10-17(26)23-11-14-5-7-22-8-6-14/h3-9,12,19H,10-11H2,1-2H3,(H,23,26). The molecule has 4 heterocycles. The molecule has 0 saturated carbocycles. The molecule has 0 fully saturated rings. The largest absolute Gasteiger partial charge is 0.466 e. The molecule has 0 saturated heterocycles. The summed E-state index contributed by atoms with van der Waals surface area (Å²) in [6, 6.07) is 7.30. The Balaban J connectivity index is 1.56. The minimum atomic E-state index is -0.410. The summed E-state index contributed by atoms with van der Waals surface area (Å²) in [4.78, 5) is 36.8. The number of methoxy groups -OCH3 is 1. The topological polar surface area (TPSA) is 83.9 Å². The molecule has 0 spiro atoms. The van der Waals surface area contributed by atoms with Crippen LogP contribution in [0.5, 0.6) is 0 Å². The summed E-state index contributed by atoms with van der Waals surface area (Å²) >= 11 is 3.02. The minimum Gasteiger partial charge on any atom is -0.466 e. The number of fused-ring (bicyclic) bond motifs is 1. The summed E-state index contributed by atoms with van der Waals surface area (Å²) in [5.41, 5.74) is 2.92. The monoisotopic (exact) mass is 440 g/mol. The number of ether oxygens (including phenoxy) is 1. The SMILES string of the molecule is COC(=O)C1=C(C)N=C2SC=C(CC(=O)NCc3ccncc3)N2C1c1cccs1. The predicted molar refractivity (Wildman–Crippen MR) is 117 cm³/mol. The Kier molecular flexibility index (Phi) is 6.01. The van der Waals surface area contributed by atoms with Crippen LogP contribution in [0.25, 0.3) is 0 Å². The lowest BCUT2D eigenvalue weighted by Gasteiger charge is -2.35. The molecule has 2 aliphatic rings. The van der Waals surface area contributed by atoms with Crippen LogP contribution in [0.2, 0.25) is 0 Å². The van der Waals surface area contributed by atoms with Crippen LogP contribution in [0.1, 0.15) is 29.8 Å². The Morgan fingerprint density at radius 1 is 1.27 bits per heavy atom. The van der Waals surface area contributed by atoms with E-state index in [1.54, 1.807) is 23.7 Å². The van der Waals surface area contributed by atoms with Crippen molar-refractivity contribution in [3.8, 4) is 0 Å². The van der Waals surface area contributed by atoms with Crippen molar-refractivity contribution in [2.75, 3.05) is 7.11 Å². The number of esters is 1. The van der Waals surface area contributed by atoms with Crippen molar-refractivity contribution in [2.24, 2.45) is 4.99 Å². The van der Waals surface area contributed by atoms with Crippen LogP contribution in [0.15, 0.2) is 69.4 Å². The molecule has 0 bridgehead atoms. The van der Waals surface area contributed by atoms with E-state index in [0.717, 1.165) is 21.3 Å². The van der Waals surface area contributed by atoms with E-state index in [1.165, 1.54) is 18.9 Å². The van der Waals surface area contributed by atoms with Gasteiger partial charge in [0.1, 0.15) is 6.04 Å². The Morgan fingerprint density at radius 3 is 2.77 bits per heavy atom. The van der Waals surface area contributed by atoms with Gasteiger partial charge in [-0.05, 0) is 41.5 Å². The first-order valence-electron chi connectivity index (χ1n) is 9.30. The maximum Gasteiger partial charge on any atom is 0.338 e. The van der Waals surface area contributed by atoms with Gasteiger partial charge in [-0.2, -0.15) is 0 Å². The summed E-state index contributed by atoms with van der Waals surface area (Å²) in [5.74, 6) is -0.511. The third-order valence-electron chi connectivity index (χ3n) is 4.80. The number of carbonyl (C=O) groups excluding carboxylic acids is 2. The molecule has 4 rings (SSSR count). The number of pyridine rings is 1. The van der Waals surface area contributed by atoms with Crippen LogP contribution in [0.3, 0.4) is 0 Å². The molecule has 7 nitrogen and oxygen atoms in total. The fourth-order valence-corrected chi connectivity index (χ4v) is 5.17. The van der Waals surface area contributed by atoms with Crippen molar-refractivity contribution in [3.05, 3.63) is 74.9 Å².